The van der Waals surface area contributed by atoms with E-state index in [1.165, 1.54) is 5.69 Å². The molecule has 1 heterocycles. The third-order valence-electron chi connectivity index (χ3n) is 2.47. The molecule has 0 aliphatic carbocycles. The zero-order valence-electron chi connectivity index (χ0n) is 9.65. The van der Waals surface area contributed by atoms with Crippen LogP contribution in [0.25, 0.3) is 0 Å². The number of aliphatic carboxylic acids is 1. The smallest absolute Gasteiger partial charge is 0.303 e. The fraction of sp³-hybridized carbons (Fsp3) is 0.636. The van der Waals surface area contributed by atoms with E-state index in [2.05, 4.69) is 10.4 Å². The number of carboxylic acids is 1. The summed E-state index contributed by atoms with van der Waals surface area (Å²) < 4.78 is 1.87. The van der Waals surface area contributed by atoms with E-state index in [0.29, 0.717) is 0 Å². The number of nitrogens with zero attached hydrogens (tertiary/aromatic N) is 2. The van der Waals surface area contributed by atoms with Crippen LogP contribution in [0.3, 0.4) is 0 Å². The number of hydrogen-bond acceptors (Lipinski definition) is 3. The van der Waals surface area contributed by atoms with Gasteiger partial charge in [-0.15, -0.1) is 0 Å². The molecule has 0 unspecified atom stereocenters. The lowest BCUT2D eigenvalue weighted by atomic mass is 10.2. The summed E-state index contributed by atoms with van der Waals surface area (Å²) in [6, 6.07) is 2.01. The molecule has 0 bridgehead atoms. The van der Waals surface area contributed by atoms with E-state index in [-0.39, 0.29) is 6.42 Å². The normalized spacial score (nSPS) is 10.6. The van der Waals surface area contributed by atoms with Crippen LogP contribution in [-0.4, -0.2) is 33.9 Å². The number of carbonyl (C=O) groups is 1. The maximum Gasteiger partial charge on any atom is 0.303 e. The Morgan fingerprint density at radius 1 is 1.50 bits per heavy atom. The van der Waals surface area contributed by atoms with Crippen molar-refractivity contribution in [2.45, 2.75) is 25.7 Å². The number of hydrogen-bond donors (Lipinski definition) is 2. The van der Waals surface area contributed by atoms with Gasteiger partial charge in [-0.3, -0.25) is 9.48 Å². The van der Waals surface area contributed by atoms with Gasteiger partial charge in [0.25, 0.3) is 0 Å². The second-order valence-electron chi connectivity index (χ2n) is 3.80. The Bertz CT molecular complexity index is 323. The van der Waals surface area contributed by atoms with E-state index in [1.807, 2.05) is 17.8 Å². The van der Waals surface area contributed by atoms with Crippen molar-refractivity contribution >= 4 is 5.97 Å². The van der Waals surface area contributed by atoms with E-state index in [9.17, 15) is 4.79 Å². The topological polar surface area (TPSA) is 67.2 Å². The van der Waals surface area contributed by atoms with E-state index < -0.39 is 5.97 Å². The molecule has 0 saturated carbocycles. The molecule has 0 fully saturated rings. The molecule has 1 aromatic rings. The molecule has 0 spiro atoms. The summed E-state index contributed by atoms with van der Waals surface area (Å²) in [5.74, 6) is -0.713. The maximum atomic E-state index is 10.3. The van der Waals surface area contributed by atoms with Crippen LogP contribution in [0, 0.1) is 0 Å². The second-order valence-corrected chi connectivity index (χ2v) is 3.80. The molecule has 0 aliphatic rings. The first kappa shape index (κ1) is 12.7. The summed E-state index contributed by atoms with van der Waals surface area (Å²) in [4.78, 5) is 10.3. The predicted octanol–water partition coefficient (Wildman–Crippen LogP) is 0.807. The number of nitrogens with one attached hydrogen (secondary N) is 1. The highest BCUT2D eigenvalue weighted by molar-refractivity contribution is 5.66. The van der Waals surface area contributed by atoms with Crippen molar-refractivity contribution in [3.8, 4) is 0 Å². The van der Waals surface area contributed by atoms with Crippen molar-refractivity contribution in [2.75, 3.05) is 13.1 Å². The number of aryl methyl sites for hydroxylation is 1. The van der Waals surface area contributed by atoms with Gasteiger partial charge in [0.1, 0.15) is 0 Å². The fourth-order valence-electron chi connectivity index (χ4n) is 1.51. The van der Waals surface area contributed by atoms with E-state index in [4.69, 9.17) is 5.11 Å². The lowest BCUT2D eigenvalue weighted by Gasteiger charge is -2.04. The van der Waals surface area contributed by atoms with Gasteiger partial charge in [0.15, 0.2) is 0 Å². The third kappa shape index (κ3) is 4.93. The molecule has 0 radical (unpaired) electrons. The van der Waals surface area contributed by atoms with Crippen molar-refractivity contribution in [3.05, 3.63) is 18.0 Å². The first-order chi connectivity index (χ1) is 7.70. The van der Waals surface area contributed by atoms with Crippen LogP contribution in [0.4, 0.5) is 0 Å². The maximum absolute atomic E-state index is 10.3. The third-order valence-corrected chi connectivity index (χ3v) is 2.47. The van der Waals surface area contributed by atoms with Gasteiger partial charge < -0.3 is 10.4 Å². The minimum absolute atomic E-state index is 0.267. The van der Waals surface area contributed by atoms with Crippen molar-refractivity contribution < 1.29 is 9.90 Å². The first-order valence-corrected chi connectivity index (χ1v) is 5.59. The van der Waals surface area contributed by atoms with Crippen molar-refractivity contribution in [1.82, 2.24) is 15.1 Å². The minimum Gasteiger partial charge on any atom is -0.481 e. The molecular formula is C11H19N3O2. The van der Waals surface area contributed by atoms with Gasteiger partial charge in [0.2, 0.25) is 0 Å². The summed E-state index contributed by atoms with van der Waals surface area (Å²) in [7, 11) is 1.93. The highest BCUT2D eigenvalue weighted by Gasteiger charge is 1.98. The molecule has 5 nitrogen and oxygen atoms in total. The summed E-state index contributed by atoms with van der Waals surface area (Å²) in [5, 5.41) is 15.8. The van der Waals surface area contributed by atoms with Crippen LogP contribution in [0.2, 0.25) is 0 Å². The molecule has 16 heavy (non-hydrogen) atoms. The largest absolute Gasteiger partial charge is 0.481 e. The number of carboxylic acid groups (broad SMARTS) is 1. The van der Waals surface area contributed by atoms with Gasteiger partial charge in [0, 0.05) is 38.3 Å². The molecule has 0 saturated heterocycles. The van der Waals surface area contributed by atoms with Crippen LogP contribution in [0.1, 0.15) is 25.0 Å². The standard InChI is InChI=1S/C11H19N3O2/c1-14-10(6-9-13-14)5-8-12-7-3-2-4-11(15)16/h6,9,12H,2-5,7-8H2,1H3,(H,15,16). The van der Waals surface area contributed by atoms with Gasteiger partial charge in [-0.2, -0.15) is 5.10 Å². The van der Waals surface area contributed by atoms with E-state index in [1.54, 1.807) is 6.20 Å². The number of rotatable bonds is 8. The molecule has 1 aromatic heterocycles. The van der Waals surface area contributed by atoms with Crippen LogP contribution >= 0.6 is 0 Å². The zero-order valence-corrected chi connectivity index (χ0v) is 9.65. The molecular weight excluding hydrogens is 206 g/mol. The van der Waals surface area contributed by atoms with Gasteiger partial charge >= 0.3 is 5.97 Å². The average Bonchev–Trinajstić information content (AvgIpc) is 2.62. The van der Waals surface area contributed by atoms with Crippen molar-refractivity contribution in [1.29, 1.82) is 0 Å². The molecule has 2 N–H and O–H groups in total. The SMILES string of the molecule is Cn1nccc1CCNCCCCC(=O)O. The first-order valence-electron chi connectivity index (χ1n) is 5.59. The Balaban J connectivity index is 1.96. The second kappa shape index (κ2) is 7.00. The molecule has 0 aliphatic heterocycles. The van der Waals surface area contributed by atoms with Crippen LogP contribution in [0.5, 0.6) is 0 Å². The van der Waals surface area contributed by atoms with Crippen molar-refractivity contribution in [2.24, 2.45) is 7.05 Å². The monoisotopic (exact) mass is 225 g/mol. The number of unbranched alkanes of at least 4 members (excludes halogenated alkanes) is 1. The van der Waals surface area contributed by atoms with Crippen LogP contribution in [-0.2, 0) is 18.3 Å². The Kier molecular flexibility index (Phi) is 5.56. The average molecular weight is 225 g/mol. The highest BCUT2D eigenvalue weighted by atomic mass is 16.4. The fourth-order valence-corrected chi connectivity index (χ4v) is 1.51. The lowest BCUT2D eigenvalue weighted by molar-refractivity contribution is -0.137. The summed E-state index contributed by atoms with van der Waals surface area (Å²) >= 11 is 0. The quantitative estimate of drug-likeness (QED) is 0.642. The van der Waals surface area contributed by atoms with Gasteiger partial charge in [-0.05, 0) is 25.5 Å². The number of aromatic nitrogens is 2. The zero-order chi connectivity index (χ0) is 11.8. The predicted molar refractivity (Wildman–Crippen MR) is 61.3 cm³/mol. The Morgan fingerprint density at radius 2 is 2.31 bits per heavy atom. The van der Waals surface area contributed by atoms with Crippen molar-refractivity contribution in [3.63, 3.8) is 0 Å². The summed E-state index contributed by atoms with van der Waals surface area (Å²) in [6.07, 6.45) is 4.67. The Labute approximate surface area is 95.5 Å². The van der Waals surface area contributed by atoms with E-state index in [0.717, 1.165) is 32.4 Å². The van der Waals surface area contributed by atoms with Gasteiger partial charge in [-0.1, -0.05) is 0 Å². The summed E-state index contributed by atoms with van der Waals surface area (Å²) in [5.41, 5.74) is 1.21. The lowest BCUT2D eigenvalue weighted by Crippen LogP contribution is -2.19. The molecule has 0 amide bonds. The van der Waals surface area contributed by atoms with Gasteiger partial charge in [-0.25, -0.2) is 0 Å². The summed E-state index contributed by atoms with van der Waals surface area (Å²) in [6.45, 7) is 1.79. The van der Waals surface area contributed by atoms with Gasteiger partial charge in [0.05, 0.1) is 0 Å². The van der Waals surface area contributed by atoms with Crippen LogP contribution < -0.4 is 5.32 Å². The molecule has 90 valence electrons. The Hall–Kier alpha value is -1.36. The van der Waals surface area contributed by atoms with Crippen LogP contribution in [0.15, 0.2) is 12.3 Å². The Morgan fingerprint density at radius 3 is 2.94 bits per heavy atom. The molecule has 0 atom stereocenters. The minimum atomic E-state index is -0.713. The molecule has 0 aromatic carbocycles. The highest BCUT2D eigenvalue weighted by Crippen LogP contribution is 1.97. The van der Waals surface area contributed by atoms with E-state index >= 15 is 0 Å². The molecule has 5 heteroatoms. The molecule has 1 rings (SSSR count).